The normalized spacial score (nSPS) is 20.4. The molecule has 1 heterocycles. The van der Waals surface area contributed by atoms with E-state index in [-0.39, 0.29) is 23.3 Å². The lowest BCUT2D eigenvalue weighted by atomic mass is 9.94. The maximum Gasteiger partial charge on any atom is 0.251 e. The van der Waals surface area contributed by atoms with Crippen LogP contribution in [-0.4, -0.2) is 41.9 Å². The van der Waals surface area contributed by atoms with E-state index in [1.165, 1.54) is 0 Å². The maximum absolute atomic E-state index is 12.5. The predicted molar refractivity (Wildman–Crippen MR) is 96.6 cm³/mol. The summed E-state index contributed by atoms with van der Waals surface area (Å²) in [5, 5.41) is 2.97. The van der Waals surface area contributed by atoms with Crippen LogP contribution >= 0.6 is 0 Å². The number of carbonyl (C=O) groups is 2. The van der Waals surface area contributed by atoms with Crippen LogP contribution in [0.15, 0.2) is 24.3 Å². The monoisotopic (exact) mass is 344 g/mol. The molecule has 1 aromatic rings. The Labute approximate surface area is 149 Å². The smallest absolute Gasteiger partial charge is 0.251 e. The van der Waals surface area contributed by atoms with Crippen LogP contribution in [0.25, 0.3) is 0 Å². The summed E-state index contributed by atoms with van der Waals surface area (Å²) >= 11 is 0. The van der Waals surface area contributed by atoms with Crippen molar-refractivity contribution >= 4 is 11.8 Å². The van der Waals surface area contributed by atoms with Crippen molar-refractivity contribution in [3.05, 3.63) is 29.8 Å². The predicted octanol–water partition coefficient (Wildman–Crippen LogP) is 2.99. The van der Waals surface area contributed by atoms with Gasteiger partial charge in [0, 0.05) is 23.6 Å². The van der Waals surface area contributed by atoms with Crippen molar-refractivity contribution in [1.29, 1.82) is 0 Å². The molecule has 1 aliphatic heterocycles. The number of nitrogens with zero attached hydrogens (tertiary/aromatic N) is 1. The van der Waals surface area contributed by atoms with Crippen molar-refractivity contribution in [2.45, 2.75) is 58.5 Å². The molecule has 0 spiro atoms. The third-order valence-corrected chi connectivity index (χ3v) is 4.75. The Balaban J connectivity index is 1.54. The van der Waals surface area contributed by atoms with Crippen molar-refractivity contribution in [3.63, 3.8) is 0 Å². The number of amides is 2. The minimum atomic E-state index is -0.362. The summed E-state index contributed by atoms with van der Waals surface area (Å²) in [7, 11) is 0. The van der Waals surface area contributed by atoms with Gasteiger partial charge in [-0.3, -0.25) is 9.59 Å². The van der Waals surface area contributed by atoms with Crippen molar-refractivity contribution in [2.75, 3.05) is 13.2 Å². The zero-order valence-corrected chi connectivity index (χ0v) is 15.4. The van der Waals surface area contributed by atoms with Gasteiger partial charge in [0.05, 0.1) is 6.04 Å². The average Bonchev–Trinajstić information content (AvgIpc) is 3.26. The van der Waals surface area contributed by atoms with Gasteiger partial charge in [-0.2, -0.15) is 0 Å². The first-order valence-electron chi connectivity index (χ1n) is 9.19. The number of rotatable bonds is 5. The minimum Gasteiger partial charge on any atom is -0.491 e. The summed E-state index contributed by atoms with van der Waals surface area (Å²) in [6, 6.07) is 7.72. The Bertz CT molecular complexity index is 629. The molecule has 5 nitrogen and oxygen atoms in total. The van der Waals surface area contributed by atoms with Crippen LogP contribution in [0.3, 0.4) is 0 Å². The van der Waals surface area contributed by atoms with E-state index in [0.717, 1.165) is 38.0 Å². The van der Waals surface area contributed by atoms with Crippen LogP contribution in [0.1, 0.15) is 56.8 Å². The second-order valence-corrected chi connectivity index (χ2v) is 8.13. The molecule has 1 N–H and O–H groups in total. The van der Waals surface area contributed by atoms with E-state index in [9.17, 15) is 9.59 Å². The van der Waals surface area contributed by atoms with E-state index in [1.54, 1.807) is 12.1 Å². The van der Waals surface area contributed by atoms with Gasteiger partial charge in [0.1, 0.15) is 12.4 Å². The summed E-state index contributed by atoms with van der Waals surface area (Å²) in [4.78, 5) is 26.5. The number of hydrogen-bond donors (Lipinski definition) is 1. The molecule has 1 aliphatic carbocycles. The highest BCUT2D eigenvalue weighted by Gasteiger charge is 2.35. The lowest BCUT2D eigenvalue weighted by molar-refractivity contribution is -0.140. The molecule has 1 atom stereocenters. The standard InChI is InChI=1S/C20H28N2O3/c1-20(2,3)19(24)22-12-4-5-16(22)13-25-17-10-6-14(7-11-17)18(23)21-15-8-9-15/h6-7,10-11,15-16H,4-5,8-9,12-13H2,1-3H3,(H,21,23)/t16-/m0/s1. The average molecular weight is 344 g/mol. The van der Waals surface area contributed by atoms with Crippen LogP contribution < -0.4 is 10.1 Å². The molecule has 1 saturated heterocycles. The highest BCUT2D eigenvalue weighted by atomic mass is 16.5. The van der Waals surface area contributed by atoms with Gasteiger partial charge in [-0.15, -0.1) is 0 Å². The Morgan fingerprint density at radius 3 is 2.44 bits per heavy atom. The molecule has 136 valence electrons. The second-order valence-electron chi connectivity index (χ2n) is 8.13. The van der Waals surface area contributed by atoms with Crippen LogP contribution in [0.4, 0.5) is 0 Å². The lowest BCUT2D eigenvalue weighted by Gasteiger charge is -2.30. The molecule has 1 saturated carbocycles. The molecular weight excluding hydrogens is 316 g/mol. The first-order valence-corrected chi connectivity index (χ1v) is 9.19. The van der Waals surface area contributed by atoms with Crippen molar-refractivity contribution < 1.29 is 14.3 Å². The Morgan fingerprint density at radius 2 is 1.84 bits per heavy atom. The molecule has 2 amide bonds. The molecule has 0 unspecified atom stereocenters. The van der Waals surface area contributed by atoms with Gasteiger partial charge in [-0.1, -0.05) is 20.8 Å². The molecule has 2 aliphatic rings. The molecule has 3 rings (SSSR count). The maximum atomic E-state index is 12.5. The number of likely N-dealkylation sites (tertiary alicyclic amines) is 1. The van der Waals surface area contributed by atoms with Crippen LogP contribution in [0, 0.1) is 5.41 Å². The van der Waals surface area contributed by atoms with E-state index in [4.69, 9.17) is 4.74 Å². The largest absolute Gasteiger partial charge is 0.491 e. The SMILES string of the molecule is CC(C)(C)C(=O)N1CCC[C@H]1COc1ccc(C(=O)NC2CC2)cc1. The van der Waals surface area contributed by atoms with E-state index in [0.29, 0.717) is 18.2 Å². The first-order chi connectivity index (χ1) is 11.8. The highest BCUT2D eigenvalue weighted by molar-refractivity contribution is 5.94. The number of nitrogens with one attached hydrogen (secondary N) is 1. The van der Waals surface area contributed by atoms with Gasteiger partial charge in [0.25, 0.3) is 5.91 Å². The molecule has 2 fully saturated rings. The van der Waals surface area contributed by atoms with E-state index in [2.05, 4.69) is 5.32 Å². The molecule has 0 aromatic heterocycles. The number of hydrogen-bond acceptors (Lipinski definition) is 3. The third kappa shape index (κ3) is 4.53. The summed E-state index contributed by atoms with van der Waals surface area (Å²) in [6.07, 6.45) is 4.16. The van der Waals surface area contributed by atoms with Gasteiger partial charge in [-0.05, 0) is 49.9 Å². The van der Waals surface area contributed by atoms with Crippen molar-refractivity contribution in [2.24, 2.45) is 5.41 Å². The van der Waals surface area contributed by atoms with Gasteiger partial charge >= 0.3 is 0 Å². The molecule has 1 aromatic carbocycles. The van der Waals surface area contributed by atoms with Gasteiger partial charge < -0.3 is 15.0 Å². The van der Waals surface area contributed by atoms with Crippen LogP contribution in [0.5, 0.6) is 5.75 Å². The zero-order chi connectivity index (χ0) is 18.0. The molecular formula is C20H28N2O3. The second kappa shape index (κ2) is 7.06. The Hall–Kier alpha value is -2.04. The minimum absolute atomic E-state index is 0.0215. The number of benzene rings is 1. The highest BCUT2D eigenvalue weighted by Crippen LogP contribution is 2.26. The summed E-state index contributed by atoms with van der Waals surface area (Å²) in [5.74, 6) is 0.899. The van der Waals surface area contributed by atoms with E-state index < -0.39 is 0 Å². The summed E-state index contributed by atoms with van der Waals surface area (Å²) in [6.45, 7) is 7.17. The summed E-state index contributed by atoms with van der Waals surface area (Å²) < 4.78 is 5.89. The quantitative estimate of drug-likeness (QED) is 0.893. The third-order valence-electron chi connectivity index (χ3n) is 4.75. The van der Waals surface area contributed by atoms with Crippen LogP contribution in [0.2, 0.25) is 0 Å². The van der Waals surface area contributed by atoms with Gasteiger partial charge in [0.15, 0.2) is 0 Å². The molecule has 5 heteroatoms. The van der Waals surface area contributed by atoms with Crippen molar-refractivity contribution in [3.8, 4) is 5.75 Å². The zero-order valence-electron chi connectivity index (χ0n) is 15.4. The molecule has 0 bridgehead atoms. The fourth-order valence-electron chi connectivity index (χ4n) is 3.10. The summed E-state index contributed by atoms with van der Waals surface area (Å²) in [5.41, 5.74) is 0.295. The fourth-order valence-corrected chi connectivity index (χ4v) is 3.10. The number of ether oxygens (including phenoxy) is 1. The van der Waals surface area contributed by atoms with E-state index in [1.807, 2.05) is 37.8 Å². The van der Waals surface area contributed by atoms with E-state index >= 15 is 0 Å². The molecule has 0 radical (unpaired) electrons. The van der Waals surface area contributed by atoms with Crippen LogP contribution in [-0.2, 0) is 4.79 Å². The first kappa shape index (κ1) is 17.8. The van der Waals surface area contributed by atoms with Gasteiger partial charge in [-0.25, -0.2) is 0 Å². The number of carbonyl (C=O) groups excluding carboxylic acids is 2. The Morgan fingerprint density at radius 1 is 1.16 bits per heavy atom. The van der Waals surface area contributed by atoms with Crippen molar-refractivity contribution in [1.82, 2.24) is 10.2 Å². The fraction of sp³-hybridized carbons (Fsp3) is 0.600. The topological polar surface area (TPSA) is 58.6 Å². The molecule has 25 heavy (non-hydrogen) atoms. The lowest BCUT2D eigenvalue weighted by Crippen LogP contribution is -2.44. The van der Waals surface area contributed by atoms with Gasteiger partial charge in [0.2, 0.25) is 5.91 Å². The Kier molecular flexibility index (Phi) is 5.02.